The first kappa shape index (κ1) is 48.5. The van der Waals surface area contributed by atoms with Gasteiger partial charge in [-0.15, -0.1) is 0 Å². The highest BCUT2D eigenvalue weighted by Gasteiger charge is 2.42. The van der Waals surface area contributed by atoms with Crippen LogP contribution in [-0.4, -0.2) is 181 Å². The van der Waals surface area contributed by atoms with Crippen LogP contribution >= 0.6 is 0 Å². The van der Waals surface area contributed by atoms with Gasteiger partial charge in [0.2, 0.25) is 47.3 Å². The molecule has 0 aliphatic carbocycles. The number of amides is 8. The highest BCUT2D eigenvalue weighted by atomic mass is 16.5. The quantitative estimate of drug-likeness (QED) is 0.0169. The van der Waals surface area contributed by atoms with E-state index in [0.717, 1.165) is 12.0 Å². The highest BCUT2D eigenvalue weighted by molar-refractivity contribution is 5.97. The summed E-state index contributed by atoms with van der Waals surface area (Å²) in [5, 5.41) is 32.8. The van der Waals surface area contributed by atoms with E-state index in [0.29, 0.717) is 32.1 Å². The van der Waals surface area contributed by atoms with E-state index in [2.05, 4.69) is 36.6 Å². The van der Waals surface area contributed by atoms with Crippen LogP contribution in [0.2, 0.25) is 0 Å². The molecule has 0 spiro atoms. The largest absolute Gasteiger partial charge is 0.469 e. The van der Waals surface area contributed by atoms with Crippen LogP contribution in [0, 0.1) is 5.41 Å². The number of aliphatic hydroxyl groups is 1. The Morgan fingerprint density at radius 2 is 1.47 bits per heavy atom. The van der Waals surface area contributed by atoms with Crippen molar-refractivity contribution in [2.45, 2.75) is 107 Å². The summed E-state index contributed by atoms with van der Waals surface area (Å²) in [6, 6.07) is -6.34. The average molecular weight is 851 g/mol. The molecule has 7 atom stereocenters. The fourth-order valence-corrected chi connectivity index (χ4v) is 7.12. The molecule has 12 N–H and O–H groups in total. The molecule has 3 saturated heterocycles. The van der Waals surface area contributed by atoms with Gasteiger partial charge in [-0.3, -0.25) is 48.6 Å². The molecule has 0 aromatic heterocycles. The van der Waals surface area contributed by atoms with Crippen molar-refractivity contribution in [3.8, 4) is 0 Å². The zero-order chi connectivity index (χ0) is 44.5. The van der Waals surface area contributed by atoms with Gasteiger partial charge in [-0.05, 0) is 51.9 Å². The van der Waals surface area contributed by atoms with Gasteiger partial charge in [-0.25, -0.2) is 0 Å². The number of esters is 1. The van der Waals surface area contributed by atoms with Gasteiger partial charge in [0.1, 0.15) is 30.5 Å². The molecule has 8 amide bonds. The van der Waals surface area contributed by atoms with E-state index in [1.54, 1.807) is 0 Å². The lowest BCUT2D eigenvalue weighted by Gasteiger charge is -2.29. The molecule has 24 heteroatoms. The van der Waals surface area contributed by atoms with Crippen LogP contribution in [0.4, 0.5) is 0 Å². The Morgan fingerprint density at radius 1 is 0.817 bits per heavy atom. The molecular formula is C36H58N12O12. The minimum Gasteiger partial charge on any atom is -0.469 e. The number of guanidine groups is 1. The summed E-state index contributed by atoms with van der Waals surface area (Å²) < 4.78 is 4.68. The van der Waals surface area contributed by atoms with E-state index in [1.807, 2.05) is 0 Å². The van der Waals surface area contributed by atoms with Crippen molar-refractivity contribution >= 4 is 65.5 Å². The number of likely N-dealkylation sites (tertiary alicyclic amines) is 3. The van der Waals surface area contributed by atoms with Crippen molar-refractivity contribution < 1.29 is 57.8 Å². The van der Waals surface area contributed by atoms with Crippen LogP contribution in [0.25, 0.3) is 0 Å². The number of rotatable bonds is 21. The molecule has 3 rings (SSSR count). The number of hydrogen-bond acceptors (Lipinski definition) is 14. The van der Waals surface area contributed by atoms with E-state index in [9.17, 15) is 53.1 Å². The Bertz CT molecular complexity index is 1630. The molecule has 0 aromatic carbocycles. The average Bonchev–Trinajstić information content (AvgIpc) is 4.00. The predicted molar refractivity (Wildman–Crippen MR) is 209 cm³/mol. The minimum atomic E-state index is -1.44. The van der Waals surface area contributed by atoms with Gasteiger partial charge in [0.15, 0.2) is 5.96 Å². The van der Waals surface area contributed by atoms with Crippen LogP contribution in [0.1, 0.15) is 64.7 Å². The normalized spacial score (nSPS) is 21.2. The number of aliphatic hydroxyl groups excluding tert-OH is 1. The topological polar surface area (TPSA) is 358 Å². The summed E-state index contributed by atoms with van der Waals surface area (Å²) in [5.74, 6) is -6.56. The van der Waals surface area contributed by atoms with Gasteiger partial charge >= 0.3 is 5.97 Å². The Morgan fingerprint density at radius 3 is 2.13 bits per heavy atom. The lowest BCUT2D eigenvalue weighted by Crippen LogP contribution is -2.56. The van der Waals surface area contributed by atoms with Gasteiger partial charge < -0.3 is 72.7 Å². The lowest BCUT2D eigenvalue weighted by molar-refractivity contribution is -0.144. The highest BCUT2D eigenvalue weighted by Crippen LogP contribution is 2.22. The second-order valence-corrected chi connectivity index (χ2v) is 14.8. The number of nitrogens with zero attached hydrogens (tertiary/aromatic N) is 3. The van der Waals surface area contributed by atoms with Crippen LogP contribution < -0.4 is 43.4 Å². The first-order chi connectivity index (χ1) is 28.5. The summed E-state index contributed by atoms with van der Waals surface area (Å²) in [5.41, 5.74) is 10.9. The smallest absolute Gasteiger partial charge is 0.305 e. The van der Waals surface area contributed by atoms with Crippen molar-refractivity contribution in [2.24, 2.45) is 11.5 Å². The third-order valence-corrected chi connectivity index (χ3v) is 10.3. The summed E-state index contributed by atoms with van der Waals surface area (Å²) in [7, 11) is 1.13. The summed E-state index contributed by atoms with van der Waals surface area (Å²) in [4.78, 5) is 132. The summed E-state index contributed by atoms with van der Waals surface area (Å²) >= 11 is 0. The van der Waals surface area contributed by atoms with Gasteiger partial charge in [-0.1, -0.05) is 0 Å². The third kappa shape index (κ3) is 14.4. The lowest BCUT2D eigenvalue weighted by atomic mass is 10.1. The van der Waals surface area contributed by atoms with E-state index in [1.165, 1.54) is 16.7 Å². The minimum absolute atomic E-state index is 0.00681. The van der Waals surface area contributed by atoms with Crippen LogP contribution in [-0.2, 0) is 52.7 Å². The zero-order valence-corrected chi connectivity index (χ0v) is 33.9. The van der Waals surface area contributed by atoms with Crippen molar-refractivity contribution in [3.05, 3.63) is 0 Å². The number of methoxy groups -OCH3 is 1. The predicted octanol–water partition coefficient (Wildman–Crippen LogP) is -5.99. The molecule has 334 valence electrons. The number of carbonyl (C=O) groups excluding carboxylic acids is 10. The monoisotopic (exact) mass is 850 g/mol. The zero-order valence-electron chi connectivity index (χ0n) is 33.9. The van der Waals surface area contributed by atoms with Gasteiger partial charge in [0.05, 0.1) is 44.9 Å². The third-order valence-electron chi connectivity index (χ3n) is 10.3. The van der Waals surface area contributed by atoms with E-state index >= 15 is 0 Å². The van der Waals surface area contributed by atoms with Gasteiger partial charge in [0, 0.05) is 39.0 Å². The fourth-order valence-electron chi connectivity index (χ4n) is 7.12. The Labute approximate surface area is 346 Å². The maximum Gasteiger partial charge on any atom is 0.305 e. The number of β-amino-alcohol motifs (C(OH)–C–C–N with tert-alkyl or cyclic N) is 1. The van der Waals surface area contributed by atoms with Gasteiger partial charge in [-0.2, -0.15) is 0 Å². The van der Waals surface area contributed by atoms with Crippen molar-refractivity contribution in [2.75, 3.05) is 52.9 Å². The van der Waals surface area contributed by atoms with E-state index in [-0.39, 0.29) is 64.1 Å². The molecule has 60 heavy (non-hydrogen) atoms. The van der Waals surface area contributed by atoms with Crippen LogP contribution in [0.15, 0.2) is 0 Å². The number of aldehydes is 1. The molecule has 7 unspecified atom stereocenters. The number of nitrogens with one attached hydrogen (secondary N) is 7. The molecule has 3 fully saturated rings. The molecule has 3 heterocycles. The number of nitrogens with two attached hydrogens (primary N) is 2. The second kappa shape index (κ2) is 23.6. The Kier molecular flexibility index (Phi) is 19.1. The SMILES string of the molecule is COC(=O)CCC(NC(=O)CNC(=O)C(CCCNC(=N)N)NC(=O)C1CCCN1C(=O)CNC(=O)C(C)N)C(=O)N1CC(O)CC1C(=O)NCC(=O)N1CCCC1C=O. The maximum absolute atomic E-state index is 13.9. The van der Waals surface area contributed by atoms with Crippen LogP contribution in [0.5, 0.6) is 0 Å². The van der Waals surface area contributed by atoms with Crippen LogP contribution in [0.3, 0.4) is 0 Å². The second-order valence-electron chi connectivity index (χ2n) is 14.8. The number of hydrogen-bond donors (Lipinski definition) is 10. The molecular weight excluding hydrogens is 792 g/mol. The Hall–Kier alpha value is -5.91. The molecule has 0 radical (unpaired) electrons. The maximum atomic E-state index is 13.9. The number of carbonyl (C=O) groups is 10. The van der Waals surface area contributed by atoms with Crippen molar-refractivity contribution in [1.82, 2.24) is 46.6 Å². The summed E-state index contributed by atoms with van der Waals surface area (Å²) in [6.07, 6.45) is 0.824. The van der Waals surface area contributed by atoms with Crippen molar-refractivity contribution in [1.29, 1.82) is 5.41 Å². The van der Waals surface area contributed by atoms with E-state index in [4.69, 9.17) is 16.9 Å². The first-order valence-corrected chi connectivity index (χ1v) is 19.8. The molecule has 3 aliphatic rings. The van der Waals surface area contributed by atoms with E-state index < -0.39 is 115 Å². The molecule has 0 bridgehead atoms. The number of ether oxygens (including phenoxy) is 1. The molecule has 3 aliphatic heterocycles. The first-order valence-electron chi connectivity index (χ1n) is 19.8. The summed E-state index contributed by atoms with van der Waals surface area (Å²) in [6.45, 7) is 0.315. The molecule has 0 saturated carbocycles. The van der Waals surface area contributed by atoms with Crippen molar-refractivity contribution in [3.63, 3.8) is 0 Å². The standard InChI is InChI=1S/C36H58N12O12/c1-20(37)31(55)42-17-29(53)47-13-5-8-25(47)34(58)45-23(7-3-11-40-36(38)39)32(56)41-15-27(51)44-24(9-10-30(54)60-2)35(59)48-18-22(50)14-26(48)33(57)43-16-28(52)46-12-4-6-21(46)19-49/h19-26,50H,3-18,37H2,1-2H3,(H,41,56)(H,42,55)(H,43,57)(H,44,51)(H,45,58)(H4,38,39,40). The fraction of sp³-hybridized carbons (Fsp3) is 0.694. The Balaban J connectivity index is 1.67. The van der Waals surface area contributed by atoms with Gasteiger partial charge in [0.25, 0.3) is 0 Å². The molecule has 24 nitrogen and oxygen atoms in total. The molecule has 0 aromatic rings.